The summed E-state index contributed by atoms with van der Waals surface area (Å²) in [7, 11) is -4.60. The second-order valence-corrected chi connectivity index (χ2v) is 14.0. The minimum absolute atomic E-state index is 0.0304. The summed E-state index contributed by atoms with van der Waals surface area (Å²) in [6.45, 7) is 0.554. The van der Waals surface area contributed by atoms with Crippen LogP contribution in [0.3, 0.4) is 0 Å². The third-order valence-electron chi connectivity index (χ3n) is 5.98. The van der Waals surface area contributed by atoms with Gasteiger partial charge >= 0.3 is 7.82 Å². The Kier molecular flexibility index (Phi) is 27.3. The van der Waals surface area contributed by atoms with Crippen molar-refractivity contribution in [2.45, 2.75) is 55.3 Å². The van der Waals surface area contributed by atoms with Gasteiger partial charge in [0, 0.05) is 52.9 Å². The number of ether oxygens (including phenoxy) is 3. The fourth-order valence-electron chi connectivity index (χ4n) is 3.90. The summed E-state index contributed by atoms with van der Waals surface area (Å²) < 4.78 is 51.5. The first-order chi connectivity index (χ1) is 19.7. The Morgan fingerprint density at radius 3 is 0.780 bits per heavy atom. The van der Waals surface area contributed by atoms with Gasteiger partial charge < -0.3 is 14.2 Å². The third-order valence-corrected chi connectivity index (χ3v) is 9.41. The molecule has 0 bridgehead atoms. The molecule has 0 atom stereocenters. The molecule has 0 aliphatic carbocycles. The fourth-order valence-corrected chi connectivity index (χ4v) is 8.53. The Labute approximate surface area is 290 Å². The lowest BCUT2D eigenvalue weighted by atomic mass is 9.99. The Bertz CT molecular complexity index is 582. The van der Waals surface area contributed by atoms with E-state index in [9.17, 15) is 0 Å². The zero-order chi connectivity index (χ0) is 31.1. The van der Waals surface area contributed by atoms with Crippen molar-refractivity contribution in [3.63, 3.8) is 0 Å². The maximum absolute atomic E-state index is 15.0. The monoisotopic (exact) mass is 788 g/mol. The van der Waals surface area contributed by atoms with E-state index in [0.717, 1.165) is 0 Å². The number of alkyl halides is 9. The molecule has 0 saturated heterocycles. The maximum Gasteiger partial charge on any atom is 0.476 e. The van der Waals surface area contributed by atoms with Crippen LogP contribution in [-0.4, -0.2) is 109 Å². The molecule has 0 aliphatic rings. The molecule has 0 unspecified atom stereocenters. The molecule has 0 rings (SSSR count). The SMILES string of the molecule is O=P(OC(CCCl)(CCCl)COCCCl)(OC(CCCl)(CCCl)COCCCl)OC(CCCl)(CCCl)COCCCl. The van der Waals surface area contributed by atoms with Crippen LogP contribution < -0.4 is 0 Å². The lowest BCUT2D eigenvalue weighted by Crippen LogP contribution is -2.45. The van der Waals surface area contributed by atoms with Gasteiger partial charge in [-0.3, -0.25) is 13.6 Å². The van der Waals surface area contributed by atoms with Crippen molar-refractivity contribution in [3.05, 3.63) is 0 Å². The van der Waals surface area contributed by atoms with Crippen LogP contribution in [-0.2, 0) is 32.3 Å². The molecule has 0 fully saturated rings. The average Bonchev–Trinajstić information content (AvgIpc) is 2.90. The van der Waals surface area contributed by atoms with Gasteiger partial charge in [0.2, 0.25) is 0 Å². The van der Waals surface area contributed by atoms with E-state index in [0.29, 0.717) is 0 Å². The molecule has 0 aromatic heterocycles. The molecule has 0 saturated carbocycles. The highest BCUT2D eigenvalue weighted by Gasteiger charge is 2.51. The molecule has 0 aromatic rings. The van der Waals surface area contributed by atoms with Crippen molar-refractivity contribution in [1.29, 1.82) is 0 Å². The van der Waals surface area contributed by atoms with E-state index in [4.69, 9.17) is 132 Å². The second kappa shape index (κ2) is 25.7. The van der Waals surface area contributed by atoms with E-state index < -0.39 is 24.6 Å². The largest absolute Gasteiger partial charge is 0.476 e. The van der Waals surface area contributed by atoms with Crippen molar-refractivity contribution in [2.75, 3.05) is 92.6 Å². The van der Waals surface area contributed by atoms with Gasteiger partial charge in [0.1, 0.15) is 16.8 Å². The van der Waals surface area contributed by atoms with E-state index in [1.807, 2.05) is 0 Å². The molecule has 17 heteroatoms. The molecule has 7 nitrogen and oxygen atoms in total. The Hall–Kier alpha value is 2.60. The lowest BCUT2D eigenvalue weighted by molar-refractivity contribution is -0.119. The molecule has 0 spiro atoms. The summed E-state index contributed by atoms with van der Waals surface area (Å²) in [5.74, 6) is 1.56. The normalized spacial score (nSPS) is 13.3. The topological polar surface area (TPSA) is 72.5 Å². The highest BCUT2D eigenvalue weighted by molar-refractivity contribution is 7.48. The summed E-state index contributed by atoms with van der Waals surface area (Å²) in [6, 6.07) is 0. The predicted octanol–water partition coefficient (Wildman–Crippen LogP) is 8.90. The summed E-state index contributed by atoms with van der Waals surface area (Å²) in [5, 5.41) is 0. The molecule has 248 valence electrons. The van der Waals surface area contributed by atoms with Crippen LogP contribution in [0.25, 0.3) is 0 Å². The van der Waals surface area contributed by atoms with Crippen molar-refractivity contribution in [3.8, 4) is 0 Å². The molecule has 0 radical (unpaired) electrons. The van der Waals surface area contributed by atoms with Gasteiger partial charge in [0.25, 0.3) is 0 Å². The van der Waals surface area contributed by atoms with Gasteiger partial charge in [0.05, 0.1) is 39.6 Å². The van der Waals surface area contributed by atoms with Crippen LogP contribution in [0.5, 0.6) is 0 Å². The lowest BCUT2D eigenvalue weighted by Gasteiger charge is -2.43. The van der Waals surface area contributed by atoms with Crippen molar-refractivity contribution in [2.24, 2.45) is 0 Å². The van der Waals surface area contributed by atoms with Crippen molar-refractivity contribution < 1.29 is 32.3 Å². The zero-order valence-electron chi connectivity index (χ0n) is 23.1. The molecule has 0 heterocycles. The van der Waals surface area contributed by atoms with Gasteiger partial charge in [-0.25, -0.2) is 4.57 Å². The van der Waals surface area contributed by atoms with Crippen molar-refractivity contribution in [1.82, 2.24) is 0 Å². The molecular formula is C24H42Cl9O7P. The molecule has 0 amide bonds. The van der Waals surface area contributed by atoms with Gasteiger partial charge in [-0.1, -0.05) is 0 Å². The number of phosphoric acid groups is 1. The van der Waals surface area contributed by atoms with Crippen LogP contribution in [0.2, 0.25) is 0 Å². The average molecular weight is 793 g/mol. The van der Waals surface area contributed by atoms with E-state index in [1.165, 1.54) is 0 Å². The first kappa shape index (κ1) is 43.6. The van der Waals surface area contributed by atoms with Crippen LogP contribution >= 0.6 is 112 Å². The Morgan fingerprint density at radius 2 is 0.610 bits per heavy atom. The van der Waals surface area contributed by atoms with Crippen LogP contribution in [0, 0.1) is 0 Å². The van der Waals surface area contributed by atoms with Crippen molar-refractivity contribution >= 4 is 112 Å². The van der Waals surface area contributed by atoms with Gasteiger partial charge in [-0.15, -0.1) is 104 Å². The summed E-state index contributed by atoms with van der Waals surface area (Å²) in [6.07, 6.45) is 1.26. The van der Waals surface area contributed by atoms with E-state index in [-0.39, 0.29) is 131 Å². The molecule has 41 heavy (non-hydrogen) atoms. The number of hydrogen-bond acceptors (Lipinski definition) is 7. The van der Waals surface area contributed by atoms with E-state index in [1.54, 1.807) is 0 Å². The highest BCUT2D eigenvalue weighted by atomic mass is 35.5. The highest BCUT2D eigenvalue weighted by Crippen LogP contribution is 2.61. The summed E-state index contributed by atoms with van der Waals surface area (Å²) in [4.78, 5) is 0. The standard InChI is InChI=1S/C24H42Cl9O7P/c25-7-1-22(2-8-26,19-35-16-13-31)38-41(34,39-23(3-9-27,4-10-28)20-36-17-14-32)40-24(5-11-29,6-12-30)21-37-18-15-33/h1-21H2. The quantitative estimate of drug-likeness (QED) is 0.0409. The number of phosphoric ester groups is 1. The summed E-state index contributed by atoms with van der Waals surface area (Å²) >= 11 is 54.6. The van der Waals surface area contributed by atoms with Gasteiger partial charge in [-0.05, 0) is 38.5 Å². The van der Waals surface area contributed by atoms with Gasteiger partial charge in [-0.2, -0.15) is 0 Å². The number of hydrogen-bond donors (Lipinski definition) is 0. The van der Waals surface area contributed by atoms with E-state index >= 15 is 4.57 Å². The smallest absolute Gasteiger partial charge is 0.377 e. The maximum atomic E-state index is 15.0. The predicted molar refractivity (Wildman–Crippen MR) is 176 cm³/mol. The minimum Gasteiger partial charge on any atom is -0.377 e. The Morgan fingerprint density at radius 1 is 0.390 bits per heavy atom. The van der Waals surface area contributed by atoms with Crippen LogP contribution in [0.15, 0.2) is 0 Å². The van der Waals surface area contributed by atoms with E-state index in [2.05, 4.69) is 0 Å². The van der Waals surface area contributed by atoms with Crippen LogP contribution in [0.1, 0.15) is 38.5 Å². The van der Waals surface area contributed by atoms with Gasteiger partial charge in [0.15, 0.2) is 0 Å². The molecule has 0 aliphatic heterocycles. The Balaban J connectivity index is 6.95. The first-order valence-electron chi connectivity index (χ1n) is 13.2. The molecule has 0 N–H and O–H groups in total. The number of rotatable bonds is 30. The molecular weight excluding hydrogens is 750 g/mol. The third kappa shape index (κ3) is 17.9. The first-order valence-corrected chi connectivity index (χ1v) is 19.4. The molecule has 0 aromatic carbocycles. The second-order valence-electron chi connectivity index (χ2n) is 9.13. The zero-order valence-corrected chi connectivity index (χ0v) is 30.8. The minimum atomic E-state index is -4.60. The fraction of sp³-hybridized carbons (Fsp3) is 1.00. The van der Waals surface area contributed by atoms with Crippen LogP contribution in [0.4, 0.5) is 0 Å². The summed E-state index contributed by atoms with van der Waals surface area (Å²) in [5.41, 5.74) is -3.79. The number of halogens is 9.